The predicted molar refractivity (Wildman–Crippen MR) is 192 cm³/mol. The molecule has 0 bridgehead atoms. The van der Waals surface area contributed by atoms with Crippen molar-refractivity contribution in [2.24, 2.45) is 17.0 Å². The molecular weight excluding hydrogens is 685 g/mol. The van der Waals surface area contributed by atoms with Crippen molar-refractivity contribution in [1.29, 1.82) is 0 Å². The van der Waals surface area contributed by atoms with E-state index in [2.05, 4.69) is 21.1 Å². The SMILES string of the molecule is CC[C@H](C)[C@H](NC(=O)CNCc1csc([N+](=O)[O-])c1)C(=O)N[C@@H](Cc1ccccc1)[C@H](O)CN(CC(C)C)S(=O)(=O)c1ccc(/C=N/O)cc1. The molecule has 0 aliphatic rings. The normalized spacial score (nSPS) is 14.4. The van der Waals surface area contributed by atoms with E-state index in [1.165, 1.54) is 40.9 Å². The second kappa shape index (κ2) is 19.2. The molecule has 0 saturated heterocycles. The molecule has 5 N–H and O–H groups in total. The fraction of sp³-hybridized carbons (Fsp3) is 0.441. The Kier molecular flexibility index (Phi) is 15.5. The molecule has 3 aromatic rings. The summed E-state index contributed by atoms with van der Waals surface area (Å²) in [7, 11) is -4.08. The summed E-state index contributed by atoms with van der Waals surface area (Å²) >= 11 is 0.993. The van der Waals surface area contributed by atoms with Crippen LogP contribution in [-0.2, 0) is 32.6 Å². The Hall–Kier alpha value is -4.22. The van der Waals surface area contributed by atoms with Crippen LogP contribution in [0.25, 0.3) is 0 Å². The van der Waals surface area contributed by atoms with Crippen LogP contribution in [0.15, 0.2) is 76.1 Å². The van der Waals surface area contributed by atoms with Gasteiger partial charge in [-0.2, -0.15) is 4.31 Å². The van der Waals surface area contributed by atoms with Gasteiger partial charge in [-0.25, -0.2) is 8.42 Å². The highest BCUT2D eigenvalue weighted by atomic mass is 32.2. The Morgan fingerprint density at radius 2 is 1.72 bits per heavy atom. The van der Waals surface area contributed by atoms with Crippen molar-refractivity contribution in [3.05, 3.63) is 92.8 Å². The topological polar surface area (TPSA) is 204 Å². The number of nitrogens with zero attached hydrogens (tertiary/aromatic N) is 3. The number of nitrogens with one attached hydrogen (secondary N) is 3. The van der Waals surface area contributed by atoms with Gasteiger partial charge in [-0.1, -0.05) is 93.1 Å². The number of rotatable bonds is 20. The first kappa shape index (κ1) is 40.2. The fourth-order valence-corrected chi connectivity index (χ4v) is 7.53. The summed E-state index contributed by atoms with van der Waals surface area (Å²) in [5.41, 5.74) is 1.96. The number of amides is 2. The Bertz CT molecular complexity index is 1680. The number of sulfonamides is 1. The van der Waals surface area contributed by atoms with Gasteiger partial charge in [0, 0.05) is 31.1 Å². The van der Waals surface area contributed by atoms with Gasteiger partial charge < -0.3 is 26.3 Å². The van der Waals surface area contributed by atoms with Gasteiger partial charge in [-0.05, 0) is 47.1 Å². The molecule has 272 valence electrons. The number of aliphatic hydroxyl groups excluding tert-OH is 1. The molecule has 50 heavy (non-hydrogen) atoms. The van der Waals surface area contributed by atoms with Crippen LogP contribution >= 0.6 is 11.3 Å². The molecule has 0 spiro atoms. The van der Waals surface area contributed by atoms with Gasteiger partial charge in [0.2, 0.25) is 21.8 Å². The number of carbonyl (C=O) groups is 2. The zero-order valence-electron chi connectivity index (χ0n) is 28.6. The first-order chi connectivity index (χ1) is 23.7. The second-order valence-electron chi connectivity index (χ2n) is 12.5. The number of hydrogen-bond acceptors (Lipinski definition) is 11. The third kappa shape index (κ3) is 12.0. The second-order valence-corrected chi connectivity index (χ2v) is 15.3. The molecule has 16 heteroatoms. The van der Waals surface area contributed by atoms with Crippen molar-refractivity contribution in [3.8, 4) is 0 Å². The summed E-state index contributed by atoms with van der Waals surface area (Å²) in [5.74, 6) is -1.36. The van der Waals surface area contributed by atoms with Crippen LogP contribution in [0.2, 0.25) is 0 Å². The van der Waals surface area contributed by atoms with E-state index in [0.717, 1.165) is 16.9 Å². The van der Waals surface area contributed by atoms with Crippen LogP contribution in [0.4, 0.5) is 5.00 Å². The summed E-state index contributed by atoms with van der Waals surface area (Å²) in [6.45, 7) is 7.28. The molecule has 2 aromatic carbocycles. The maximum Gasteiger partial charge on any atom is 0.324 e. The minimum absolute atomic E-state index is 0.000236. The van der Waals surface area contributed by atoms with E-state index >= 15 is 0 Å². The number of aliphatic hydroxyl groups is 1. The fourth-order valence-electron chi connectivity index (χ4n) is 5.18. The van der Waals surface area contributed by atoms with Gasteiger partial charge in [-0.3, -0.25) is 19.7 Å². The minimum Gasteiger partial charge on any atom is -0.411 e. The van der Waals surface area contributed by atoms with Crippen LogP contribution in [0.5, 0.6) is 0 Å². The summed E-state index contributed by atoms with van der Waals surface area (Å²) in [6, 6.07) is 14.5. The lowest BCUT2D eigenvalue weighted by atomic mass is 9.96. The van der Waals surface area contributed by atoms with Crippen LogP contribution in [0.1, 0.15) is 50.8 Å². The van der Waals surface area contributed by atoms with Gasteiger partial charge in [-0.15, -0.1) is 0 Å². The molecule has 1 heterocycles. The Labute approximate surface area is 296 Å². The molecule has 0 aliphatic heterocycles. The summed E-state index contributed by atoms with van der Waals surface area (Å²) in [6.07, 6.45) is 0.585. The molecule has 2 amide bonds. The minimum atomic E-state index is -4.08. The number of thiophene rings is 1. The molecule has 3 rings (SSSR count). The van der Waals surface area contributed by atoms with Gasteiger partial charge >= 0.3 is 5.00 Å². The molecule has 14 nitrogen and oxygen atoms in total. The highest BCUT2D eigenvalue weighted by Gasteiger charge is 2.34. The van der Waals surface area contributed by atoms with Crippen molar-refractivity contribution >= 4 is 44.4 Å². The largest absolute Gasteiger partial charge is 0.411 e. The van der Waals surface area contributed by atoms with E-state index in [1.807, 2.05) is 58.0 Å². The van der Waals surface area contributed by atoms with E-state index in [4.69, 9.17) is 5.21 Å². The monoisotopic (exact) mass is 730 g/mol. The Morgan fingerprint density at radius 3 is 2.30 bits per heavy atom. The van der Waals surface area contributed by atoms with Crippen molar-refractivity contribution in [2.75, 3.05) is 19.6 Å². The highest BCUT2D eigenvalue weighted by Crippen LogP contribution is 2.23. The maximum absolute atomic E-state index is 13.8. The van der Waals surface area contributed by atoms with Crippen LogP contribution in [0.3, 0.4) is 0 Å². The highest BCUT2D eigenvalue weighted by molar-refractivity contribution is 7.89. The molecule has 0 saturated carbocycles. The number of hydrogen-bond donors (Lipinski definition) is 5. The quantitative estimate of drug-likeness (QED) is 0.0499. The standard InChI is InChI=1S/C34H46N6O8S2/c1-5-24(4)33(38-31(42)19-35-17-27-16-32(40(45)46)49-22-27)34(43)37-29(15-25-9-7-6-8-10-25)30(41)21-39(20-23(2)3)50(47,48)28-13-11-26(12-14-28)18-36-44/h6-14,16,18,22-24,29-30,33,35,41,44H,5,15,17,19-21H2,1-4H3,(H,37,43)(H,38,42)/b36-18+/t24-,29-,30+,33-/m0/s1. The number of carbonyl (C=O) groups excluding carboxylic acids is 2. The Morgan fingerprint density at radius 1 is 1.04 bits per heavy atom. The molecule has 0 fully saturated rings. The van der Waals surface area contributed by atoms with Crippen LogP contribution < -0.4 is 16.0 Å². The van der Waals surface area contributed by atoms with Gasteiger partial charge in [0.05, 0.1) is 34.7 Å². The van der Waals surface area contributed by atoms with Crippen molar-refractivity contribution in [2.45, 2.75) is 70.2 Å². The van der Waals surface area contributed by atoms with Crippen LogP contribution in [0, 0.1) is 22.0 Å². The van der Waals surface area contributed by atoms with Crippen LogP contribution in [-0.4, -0.2) is 83.8 Å². The first-order valence-electron chi connectivity index (χ1n) is 16.3. The third-order valence-electron chi connectivity index (χ3n) is 8.02. The molecule has 0 radical (unpaired) electrons. The average molecular weight is 731 g/mol. The smallest absolute Gasteiger partial charge is 0.324 e. The predicted octanol–water partition coefficient (Wildman–Crippen LogP) is 3.52. The zero-order chi connectivity index (χ0) is 36.8. The summed E-state index contributed by atoms with van der Waals surface area (Å²) in [5, 5.41) is 44.6. The average Bonchev–Trinajstić information content (AvgIpc) is 3.56. The Balaban J connectivity index is 1.79. The van der Waals surface area contributed by atoms with Gasteiger partial charge in [0.15, 0.2) is 0 Å². The van der Waals surface area contributed by atoms with E-state index in [-0.39, 0.29) is 54.3 Å². The van der Waals surface area contributed by atoms with Crippen molar-refractivity contribution < 1.29 is 33.2 Å². The van der Waals surface area contributed by atoms with E-state index in [9.17, 15) is 33.2 Å². The summed E-state index contributed by atoms with van der Waals surface area (Å²) < 4.78 is 28.8. The molecule has 0 aliphatic carbocycles. The lowest BCUT2D eigenvalue weighted by Gasteiger charge is -2.32. The number of benzene rings is 2. The lowest BCUT2D eigenvalue weighted by Crippen LogP contribution is -2.57. The number of oxime groups is 1. The van der Waals surface area contributed by atoms with E-state index in [0.29, 0.717) is 17.5 Å². The summed E-state index contributed by atoms with van der Waals surface area (Å²) in [4.78, 5) is 37.3. The molecule has 0 unspecified atom stereocenters. The number of nitro groups is 1. The van der Waals surface area contributed by atoms with Crippen molar-refractivity contribution in [1.82, 2.24) is 20.3 Å². The first-order valence-corrected chi connectivity index (χ1v) is 18.6. The zero-order valence-corrected chi connectivity index (χ0v) is 30.2. The maximum atomic E-state index is 13.8. The molecule has 1 aromatic heterocycles. The lowest BCUT2D eigenvalue weighted by molar-refractivity contribution is -0.380. The van der Waals surface area contributed by atoms with Crippen molar-refractivity contribution in [3.63, 3.8) is 0 Å². The molecule has 4 atom stereocenters. The van der Waals surface area contributed by atoms with E-state index < -0.39 is 44.9 Å². The molecular formula is C34H46N6O8S2. The van der Waals surface area contributed by atoms with Gasteiger partial charge in [0.25, 0.3) is 0 Å². The van der Waals surface area contributed by atoms with Gasteiger partial charge in [0.1, 0.15) is 6.04 Å². The van der Waals surface area contributed by atoms with E-state index in [1.54, 1.807) is 5.38 Å². The third-order valence-corrected chi connectivity index (χ3v) is 10.8.